The Balaban J connectivity index is 2.33. The number of hydrogen-bond acceptors (Lipinski definition) is 4. The molecule has 5 heteroatoms. The zero-order chi connectivity index (χ0) is 13.1. The van der Waals surface area contributed by atoms with Gasteiger partial charge in [-0.15, -0.1) is 11.8 Å². The molecule has 0 bridgehead atoms. The molecule has 1 N–H and O–H groups in total. The molecular formula is C13H20N2OS2. The van der Waals surface area contributed by atoms with Gasteiger partial charge in [-0.3, -0.25) is 4.79 Å². The number of H-pyrrole nitrogens is 1. The Kier molecular flexibility index (Phi) is 4.78. The maximum absolute atomic E-state index is 11.7. The molecule has 0 amide bonds. The van der Waals surface area contributed by atoms with E-state index in [2.05, 4.69) is 30.7 Å². The van der Waals surface area contributed by atoms with Crippen molar-refractivity contribution in [1.82, 2.24) is 9.97 Å². The molecule has 2 rings (SSSR count). The molecule has 0 saturated carbocycles. The van der Waals surface area contributed by atoms with Crippen LogP contribution >= 0.6 is 23.5 Å². The highest BCUT2D eigenvalue weighted by atomic mass is 32.2. The molecular weight excluding hydrogens is 264 g/mol. The minimum Gasteiger partial charge on any atom is -0.310 e. The summed E-state index contributed by atoms with van der Waals surface area (Å²) in [5.74, 6) is 3.51. The second-order valence-corrected chi connectivity index (χ2v) is 7.42. The second-order valence-electron chi connectivity index (χ2n) is 4.82. The van der Waals surface area contributed by atoms with Crippen LogP contribution in [0.2, 0.25) is 0 Å². The highest BCUT2D eigenvalue weighted by Gasteiger charge is 2.28. The lowest BCUT2D eigenvalue weighted by molar-refractivity contribution is 0.717. The molecule has 1 fully saturated rings. The van der Waals surface area contributed by atoms with Crippen molar-refractivity contribution in [3.8, 4) is 0 Å². The van der Waals surface area contributed by atoms with Crippen molar-refractivity contribution in [2.24, 2.45) is 0 Å². The number of hydrogen-bond donors (Lipinski definition) is 1. The minimum atomic E-state index is -0.0188. The Hall–Kier alpha value is -0.420. The maximum atomic E-state index is 11.7. The Morgan fingerprint density at radius 2 is 2.17 bits per heavy atom. The summed E-state index contributed by atoms with van der Waals surface area (Å²) in [6.07, 6.45) is 1.12. The fourth-order valence-electron chi connectivity index (χ4n) is 2.08. The number of aromatic amines is 1. The molecule has 1 aromatic rings. The van der Waals surface area contributed by atoms with Gasteiger partial charge in [0.15, 0.2) is 0 Å². The highest BCUT2D eigenvalue weighted by molar-refractivity contribution is 8.06. The van der Waals surface area contributed by atoms with Gasteiger partial charge < -0.3 is 4.98 Å². The van der Waals surface area contributed by atoms with Gasteiger partial charge >= 0.3 is 0 Å². The fraction of sp³-hybridized carbons (Fsp3) is 0.692. The summed E-state index contributed by atoms with van der Waals surface area (Å²) in [4.78, 5) is 19.3. The van der Waals surface area contributed by atoms with Gasteiger partial charge in [0.05, 0.1) is 10.9 Å². The first-order valence-electron chi connectivity index (χ1n) is 6.46. The van der Waals surface area contributed by atoms with Gasteiger partial charge in [0.25, 0.3) is 5.56 Å². The molecule has 0 radical (unpaired) electrons. The Morgan fingerprint density at radius 1 is 1.44 bits per heavy atom. The largest absolute Gasteiger partial charge is 0.310 e. The van der Waals surface area contributed by atoms with E-state index in [1.807, 2.05) is 23.5 Å². The normalized spacial score (nSPS) is 24.4. The van der Waals surface area contributed by atoms with E-state index in [1.54, 1.807) is 6.07 Å². The van der Waals surface area contributed by atoms with Crippen LogP contribution in [-0.4, -0.2) is 26.7 Å². The van der Waals surface area contributed by atoms with Crippen molar-refractivity contribution in [3.05, 3.63) is 27.9 Å². The van der Waals surface area contributed by atoms with E-state index in [9.17, 15) is 4.79 Å². The average molecular weight is 284 g/mol. The van der Waals surface area contributed by atoms with E-state index in [1.165, 1.54) is 5.75 Å². The van der Waals surface area contributed by atoms with Gasteiger partial charge in [0.2, 0.25) is 0 Å². The van der Waals surface area contributed by atoms with Crippen LogP contribution in [0.3, 0.4) is 0 Å². The van der Waals surface area contributed by atoms with Crippen molar-refractivity contribution in [2.75, 3.05) is 11.5 Å². The zero-order valence-corrected chi connectivity index (χ0v) is 12.7. The number of aromatic nitrogens is 2. The molecule has 0 aromatic carbocycles. The Morgan fingerprint density at radius 3 is 2.83 bits per heavy atom. The summed E-state index contributed by atoms with van der Waals surface area (Å²) in [6, 6.07) is 1.62. The van der Waals surface area contributed by atoms with Crippen LogP contribution in [0.1, 0.15) is 49.9 Å². The maximum Gasteiger partial charge on any atom is 0.251 e. The molecule has 1 aromatic heterocycles. The number of rotatable bonds is 3. The van der Waals surface area contributed by atoms with Gasteiger partial charge in [-0.25, -0.2) is 4.98 Å². The van der Waals surface area contributed by atoms with Crippen molar-refractivity contribution < 1.29 is 0 Å². The summed E-state index contributed by atoms with van der Waals surface area (Å²) in [5.41, 5.74) is 0.884. The SMILES string of the molecule is CCC1SCCSC1c1nc(C(C)C)cc(=O)[nH]1. The van der Waals surface area contributed by atoms with E-state index in [4.69, 9.17) is 0 Å². The van der Waals surface area contributed by atoms with Gasteiger partial charge in [0, 0.05) is 22.8 Å². The number of thioether (sulfide) groups is 2. The van der Waals surface area contributed by atoms with Crippen molar-refractivity contribution in [1.29, 1.82) is 0 Å². The second kappa shape index (κ2) is 6.15. The van der Waals surface area contributed by atoms with Crippen molar-refractivity contribution in [3.63, 3.8) is 0 Å². The lowest BCUT2D eigenvalue weighted by Gasteiger charge is -2.29. The third-order valence-corrected chi connectivity index (χ3v) is 6.35. The van der Waals surface area contributed by atoms with Crippen LogP contribution in [0.25, 0.3) is 0 Å². The van der Waals surface area contributed by atoms with Crippen LogP contribution in [0, 0.1) is 0 Å². The summed E-state index contributed by atoms with van der Waals surface area (Å²) in [7, 11) is 0. The van der Waals surface area contributed by atoms with Gasteiger partial charge in [-0.1, -0.05) is 20.8 Å². The van der Waals surface area contributed by atoms with E-state index in [0.717, 1.165) is 23.7 Å². The van der Waals surface area contributed by atoms with Gasteiger partial charge in [-0.05, 0) is 12.3 Å². The molecule has 2 atom stereocenters. The van der Waals surface area contributed by atoms with Crippen LogP contribution in [0.5, 0.6) is 0 Å². The van der Waals surface area contributed by atoms with E-state index in [0.29, 0.717) is 16.4 Å². The first-order valence-corrected chi connectivity index (χ1v) is 8.56. The molecule has 2 unspecified atom stereocenters. The monoisotopic (exact) mass is 284 g/mol. The first kappa shape index (κ1) is 14.0. The Labute approximate surface area is 117 Å². The third kappa shape index (κ3) is 3.12. The predicted octanol–water partition coefficient (Wildman–Crippen LogP) is 3.19. The van der Waals surface area contributed by atoms with Crippen LogP contribution in [0.4, 0.5) is 0 Å². The Bertz CT molecular complexity index is 459. The quantitative estimate of drug-likeness (QED) is 0.926. The standard InChI is InChI=1S/C13H20N2OS2/c1-4-10-12(18-6-5-17-10)13-14-9(8(2)3)7-11(16)15-13/h7-8,10,12H,4-6H2,1-3H3,(H,14,15,16). The first-order chi connectivity index (χ1) is 8.61. The lowest BCUT2D eigenvalue weighted by Crippen LogP contribution is -2.24. The van der Waals surface area contributed by atoms with Crippen molar-refractivity contribution >= 4 is 23.5 Å². The molecule has 1 saturated heterocycles. The molecule has 1 aliphatic heterocycles. The molecule has 18 heavy (non-hydrogen) atoms. The zero-order valence-electron chi connectivity index (χ0n) is 11.1. The van der Waals surface area contributed by atoms with Gasteiger partial charge in [-0.2, -0.15) is 11.8 Å². The molecule has 0 spiro atoms. The molecule has 0 aliphatic carbocycles. The number of nitrogens with one attached hydrogen (secondary N) is 1. The smallest absolute Gasteiger partial charge is 0.251 e. The summed E-state index contributed by atoms with van der Waals surface area (Å²) >= 11 is 3.93. The number of nitrogens with zero attached hydrogens (tertiary/aromatic N) is 1. The topological polar surface area (TPSA) is 45.8 Å². The molecule has 100 valence electrons. The predicted molar refractivity (Wildman–Crippen MR) is 80.7 cm³/mol. The summed E-state index contributed by atoms with van der Waals surface area (Å²) in [5, 5.41) is 0.898. The van der Waals surface area contributed by atoms with E-state index in [-0.39, 0.29) is 5.56 Å². The summed E-state index contributed by atoms with van der Waals surface area (Å²) in [6.45, 7) is 6.36. The van der Waals surface area contributed by atoms with Crippen LogP contribution in [0.15, 0.2) is 10.9 Å². The van der Waals surface area contributed by atoms with Crippen LogP contribution in [-0.2, 0) is 0 Å². The van der Waals surface area contributed by atoms with Crippen molar-refractivity contribution in [2.45, 2.75) is 43.6 Å². The molecule has 1 aliphatic rings. The molecule has 2 heterocycles. The third-order valence-electron chi connectivity index (χ3n) is 3.09. The lowest BCUT2D eigenvalue weighted by atomic mass is 10.1. The molecule has 3 nitrogen and oxygen atoms in total. The van der Waals surface area contributed by atoms with E-state index < -0.39 is 0 Å². The fourth-order valence-corrected chi connectivity index (χ4v) is 5.10. The average Bonchev–Trinajstić information content (AvgIpc) is 2.38. The summed E-state index contributed by atoms with van der Waals surface area (Å²) < 4.78 is 0. The van der Waals surface area contributed by atoms with Crippen LogP contribution < -0.4 is 5.56 Å². The van der Waals surface area contributed by atoms with Gasteiger partial charge in [0.1, 0.15) is 5.82 Å². The highest BCUT2D eigenvalue weighted by Crippen LogP contribution is 2.42. The minimum absolute atomic E-state index is 0.0188. The van der Waals surface area contributed by atoms with E-state index >= 15 is 0 Å².